The molecule has 4 nitrogen and oxygen atoms in total. The lowest BCUT2D eigenvalue weighted by Crippen LogP contribution is -2.25. The summed E-state index contributed by atoms with van der Waals surface area (Å²) in [5.41, 5.74) is 2.21. The molecule has 1 aliphatic rings. The van der Waals surface area contributed by atoms with Crippen molar-refractivity contribution in [1.29, 1.82) is 0 Å². The lowest BCUT2D eigenvalue weighted by molar-refractivity contribution is -0.0183. The quantitative estimate of drug-likeness (QED) is 0.782. The van der Waals surface area contributed by atoms with Crippen LogP contribution in [0.2, 0.25) is 0 Å². The highest BCUT2D eigenvalue weighted by Crippen LogP contribution is 2.48. The van der Waals surface area contributed by atoms with E-state index in [-0.39, 0.29) is 12.2 Å². The molecule has 0 radical (unpaired) electrons. The van der Waals surface area contributed by atoms with E-state index in [1.54, 1.807) is 21.3 Å². The molecular weight excluding hydrogens is 280 g/mol. The molecule has 5 heteroatoms. The molecule has 0 bridgehead atoms. The first kappa shape index (κ1) is 15.3. The number of benzene rings is 1. The van der Waals surface area contributed by atoms with Crippen LogP contribution in [0, 0.1) is 0 Å². The molecule has 112 valence electrons. The van der Waals surface area contributed by atoms with Gasteiger partial charge in [-0.05, 0) is 31.4 Å². The summed E-state index contributed by atoms with van der Waals surface area (Å²) < 4.78 is 22.4. The van der Waals surface area contributed by atoms with Crippen LogP contribution in [-0.4, -0.2) is 33.3 Å². The van der Waals surface area contributed by atoms with E-state index in [1.165, 1.54) is 5.56 Å². The number of hydrogen-bond acceptors (Lipinski definition) is 4. The first-order valence-corrected chi connectivity index (χ1v) is 7.22. The van der Waals surface area contributed by atoms with Crippen molar-refractivity contribution < 1.29 is 18.9 Å². The molecule has 2 rings (SSSR count). The zero-order valence-corrected chi connectivity index (χ0v) is 13.1. The number of fused-ring (bicyclic) bond motifs is 1. The molecule has 0 aromatic heterocycles. The Labute approximate surface area is 124 Å². The van der Waals surface area contributed by atoms with E-state index in [1.807, 2.05) is 6.07 Å². The fourth-order valence-corrected chi connectivity index (χ4v) is 2.97. The summed E-state index contributed by atoms with van der Waals surface area (Å²) in [6.07, 6.45) is 1.65. The van der Waals surface area contributed by atoms with Crippen LogP contribution >= 0.6 is 11.6 Å². The van der Waals surface area contributed by atoms with Crippen LogP contribution in [0.4, 0.5) is 0 Å². The number of hydrogen-bond donors (Lipinski definition) is 0. The molecule has 20 heavy (non-hydrogen) atoms. The predicted octanol–water partition coefficient (Wildman–Crippen LogP) is 3.34. The maximum atomic E-state index is 6.01. The Morgan fingerprint density at radius 3 is 2.45 bits per heavy atom. The molecule has 1 aliphatic heterocycles. The number of methoxy groups -OCH3 is 3. The number of alkyl halides is 1. The van der Waals surface area contributed by atoms with Gasteiger partial charge in [0.05, 0.1) is 33.5 Å². The van der Waals surface area contributed by atoms with Crippen LogP contribution in [0.5, 0.6) is 17.2 Å². The van der Waals surface area contributed by atoms with Crippen molar-refractivity contribution in [3.8, 4) is 17.2 Å². The van der Waals surface area contributed by atoms with Crippen LogP contribution < -0.4 is 14.2 Å². The van der Waals surface area contributed by atoms with Gasteiger partial charge in [0, 0.05) is 11.4 Å². The van der Waals surface area contributed by atoms with Gasteiger partial charge >= 0.3 is 0 Å². The third-order valence-corrected chi connectivity index (χ3v) is 3.77. The molecule has 0 fully saturated rings. The average molecular weight is 301 g/mol. The fraction of sp³-hybridized carbons (Fsp3) is 0.600. The Morgan fingerprint density at radius 1 is 1.20 bits per heavy atom. The second-order valence-electron chi connectivity index (χ2n) is 4.84. The van der Waals surface area contributed by atoms with Crippen LogP contribution in [0.15, 0.2) is 6.07 Å². The Bertz CT molecular complexity index is 475. The van der Waals surface area contributed by atoms with Gasteiger partial charge in [0.2, 0.25) is 5.75 Å². The Hall–Kier alpha value is -1.13. The van der Waals surface area contributed by atoms with Gasteiger partial charge in [-0.25, -0.2) is 0 Å². The second-order valence-corrected chi connectivity index (χ2v) is 5.21. The standard InChI is InChI=1S/C15H21ClO4/c1-9-7-10-8-12(17-2)14(18-3)15(19-4)13(10)11(20-9)5-6-16/h8-9,11H,5-7H2,1-4H3. The Balaban J connectivity index is 2.60. The molecule has 2 unspecified atom stereocenters. The first-order chi connectivity index (χ1) is 9.65. The lowest BCUT2D eigenvalue weighted by Gasteiger charge is -2.32. The van der Waals surface area contributed by atoms with Crippen LogP contribution in [0.3, 0.4) is 0 Å². The lowest BCUT2D eigenvalue weighted by atomic mass is 9.91. The maximum absolute atomic E-state index is 6.01. The summed E-state index contributed by atoms with van der Waals surface area (Å²) in [4.78, 5) is 0. The summed E-state index contributed by atoms with van der Waals surface area (Å²) in [5, 5.41) is 0. The minimum Gasteiger partial charge on any atom is -0.493 e. The maximum Gasteiger partial charge on any atom is 0.203 e. The van der Waals surface area contributed by atoms with Gasteiger partial charge in [-0.1, -0.05) is 0 Å². The van der Waals surface area contributed by atoms with Crippen molar-refractivity contribution in [3.05, 3.63) is 17.2 Å². The van der Waals surface area contributed by atoms with E-state index in [9.17, 15) is 0 Å². The third kappa shape index (κ3) is 2.67. The molecular formula is C15H21ClO4. The highest BCUT2D eigenvalue weighted by Gasteiger charge is 2.32. The zero-order chi connectivity index (χ0) is 14.7. The summed E-state index contributed by atoms with van der Waals surface area (Å²) in [7, 11) is 4.87. The third-order valence-electron chi connectivity index (χ3n) is 3.55. The second kappa shape index (κ2) is 6.55. The molecule has 0 aliphatic carbocycles. The zero-order valence-electron chi connectivity index (χ0n) is 12.4. The van der Waals surface area contributed by atoms with Crippen LogP contribution in [0.25, 0.3) is 0 Å². The molecule has 0 saturated carbocycles. The Kier molecular flexibility index (Phi) is 5.00. The topological polar surface area (TPSA) is 36.9 Å². The molecule has 0 amide bonds. The van der Waals surface area contributed by atoms with E-state index in [4.69, 9.17) is 30.5 Å². The molecule has 0 saturated heterocycles. The van der Waals surface area contributed by atoms with Crippen LogP contribution in [-0.2, 0) is 11.2 Å². The van der Waals surface area contributed by atoms with E-state index in [0.29, 0.717) is 23.1 Å². The van der Waals surface area contributed by atoms with Crippen molar-refractivity contribution >= 4 is 11.6 Å². The van der Waals surface area contributed by atoms with Crippen LogP contribution in [0.1, 0.15) is 30.6 Å². The summed E-state index contributed by atoms with van der Waals surface area (Å²) in [6.45, 7) is 2.06. The van der Waals surface area contributed by atoms with Gasteiger partial charge in [-0.3, -0.25) is 0 Å². The summed E-state index contributed by atoms with van der Waals surface area (Å²) in [5.74, 6) is 2.51. The number of ether oxygens (including phenoxy) is 4. The minimum absolute atomic E-state index is 0.0685. The van der Waals surface area contributed by atoms with Crippen molar-refractivity contribution in [2.45, 2.75) is 32.0 Å². The van der Waals surface area contributed by atoms with Gasteiger partial charge in [-0.15, -0.1) is 11.6 Å². The first-order valence-electron chi connectivity index (χ1n) is 6.69. The summed E-state index contributed by atoms with van der Waals surface area (Å²) >= 11 is 5.90. The number of rotatable bonds is 5. The molecule has 0 spiro atoms. The normalized spacial score (nSPS) is 21.2. The molecule has 0 N–H and O–H groups in total. The Morgan fingerprint density at radius 2 is 1.90 bits per heavy atom. The van der Waals surface area contributed by atoms with E-state index >= 15 is 0 Å². The molecule has 1 aromatic carbocycles. The monoisotopic (exact) mass is 300 g/mol. The van der Waals surface area contributed by atoms with E-state index < -0.39 is 0 Å². The highest BCUT2D eigenvalue weighted by molar-refractivity contribution is 6.17. The molecule has 1 aromatic rings. The van der Waals surface area contributed by atoms with Crippen molar-refractivity contribution in [3.63, 3.8) is 0 Å². The van der Waals surface area contributed by atoms with Gasteiger partial charge in [0.25, 0.3) is 0 Å². The minimum atomic E-state index is -0.0685. The SMILES string of the molecule is COc1cc2c(c(OC)c1OC)C(CCCl)OC(C)C2. The number of halogens is 1. The van der Waals surface area contributed by atoms with Gasteiger partial charge in [-0.2, -0.15) is 0 Å². The van der Waals surface area contributed by atoms with E-state index in [0.717, 1.165) is 18.4 Å². The predicted molar refractivity (Wildman–Crippen MR) is 78.4 cm³/mol. The van der Waals surface area contributed by atoms with Crippen molar-refractivity contribution in [2.75, 3.05) is 27.2 Å². The smallest absolute Gasteiger partial charge is 0.203 e. The van der Waals surface area contributed by atoms with Gasteiger partial charge < -0.3 is 18.9 Å². The molecule has 2 atom stereocenters. The van der Waals surface area contributed by atoms with Crippen molar-refractivity contribution in [1.82, 2.24) is 0 Å². The largest absolute Gasteiger partial charge is 0.493 e. The molecule has 1 heterocycles. The van der Waals surface area contributed by atoms with Crippen molar-refractivity contribution in [2.24, 2.45) is 0 Å². The highest BCUT2D eigenvalue weighted by atomic mass is 35.5. The van der Waals surface area contributed by atoms with Gasteiger partial charge in [0.15, 0.2) is 11.5 Å². The fourth-order valence-electron chi connectivity index (χ4n) is 2.77. The average Bonchev–Trinajstić information content (AvgIpc) is 2.44. The van der Waals surface area contributed by atoms with Gasteiger partial charge in [0.1, 0.15) is 0 Å². The van der Waals surface area contributed by atoms with E-state index in [2.05, 4.69) is 6.92 Å². The summed E-state index contributed by atoms with van der Waals surface area (Å²) in [6, 6.07) is 2.01.